The third-order valence-corrected chi connectivity index (χ3v) is 2.02. The second-order valence-electron chi connectivity index (χ2n) is 2.45. The molecule has 1 aromatic heterocycles. The SMILES string of the molecule is CC.CC.Cc1nc(C(C)C)cs1. The van der Waals surface area contributed by atoms with E-state index in [0.29, 0.717) is 5.92 Å². The lowest BCUT2D eigenvalue weighted by molar-refractivity contribution is 0.829. The van der Waals surface area contributed by atoms with Crippen LogP contribution < -0.4 is 0 Å². The van der Waals surface area contributed by atoms with E-state index >= 15 is 0 Å². The summed E-state index contributed by atoms with van der Waals surface area (Å²) in [5, 5.41) is 3.29. The number of aromatic nitrogens is 1. The predicted molar refractivity (Wildman–Crippen MR) is 63.6 cm³/mol. The molecule has 0 radical (unpaired) electrons. The Morgan fingerprint density at radius 3 is 1.77 bits per heavy atom. The summed E-state index contributed by atoms with van der Waals surface area (Å²) in [5.74, 6) is 0.579. The maximum atomic E-state index is 4.33. The molecule has 0 aliphatic heterocycles. The Hall–Kier alpha value is -0.370. The van der Waals surface area contributed by atoms with Gasteiger partial charge in [0.2, 0.25) is 0 Å². The lowest BCUT2D eigenvalue weighted by Gasteiger charge is -1.95. The van der Waals surface area contributed by atoms with Crippen molar-refractivity contribution in [3.8, 4) is 0 Å². The Balaban J connectivity index is 0. The van der Waals surface area contributed by atoms with E-state index < -0.39 is 0 Å². The number of hydrogen-bond acceptors (Lipinski definition) is 2. The van der Waals surface area contributed by atoms with Gasteiger partial charge in [0, 0.05) is 5.38 Å². The van der Waals surface area contributed by atoms with E-state index in [0.717, 1.165) is 0 Å². The molecule has 13 heavy (non-hydrogen) atoms. The topological polar surface area (TPSA) is 12.9 Å². The number of thiazole rings is 1. The monoisotopic (exact) mass is 201 g/mol. The minimum Gasteiger partial charge on any atom is -0.246 e. The molecule has 0 atom stereocenters. The second-order valence-corrected chi connectivity index (χ2v) is 3.51. The molecule has 2 heteroatoms. The first-order valence-corrected chi connectivity index (χ1v) is 6.00. The molecule has 0 spiro atoms. The van der Waals surface area contributed by atoms with Crippen LogP contribution in [0.25, 0.3) is 0 Å². The summed E-state index contributed by atoms with van der Waals surface area (Å²) >= 11 is 1.72. The van der Waals surface area contributed by atoms with Crippen LogP contribution in [0.3, 0.4) is 0 Å². The van der Waals surface area contributed by atoms with Gasteiger partial charge in [-0.3, -0.25) is 0 Å². The third-order valence-electron chi connectivity index (χ3n) is 1.23. The van der Waals surface area contributed by atoms with Crippen molar-refractivity contribution in [3.63, 3.8) is 0 Å². The standard InChI is InChI=1S/C7H11NS.2C2H6/c1-5(2)7-4-9-6(3)8-7;2*1-2/h4-5H,1-3H3;2*1-2H3. The highest BCUT2D eigenvalue weighted by Gasteiger charge is 2.00. The molecule has 0 aliphatic carbocycles. The molecule has 0 fully saturated rings. The Bertz CT molecular complexity index is 192. The van der Waals surface area contributed by atoms with Crippen molar-refractivity contribution in [2.45, 2.75) is 54.4 Å². The van der Waals surface area contributed by atoms with E-state index in [4.69, 9.17) is 0 Å². The normalized spacial score (nSPS) is 8.31. The number of rotatable bonds is 1. The van der Waals surface area contributed by atoms with E-state index in [1.807, 2.05) is 34.6 Å². The molecule has 78 valence electrons. The lowest BCUT2D eigenvalue weighted by atomic mass is 10.2. The molecule has 1 nitrogen and oxygen atoms in total. The summed E-state index contributed by atoms with van der Waals surface area (Å²) in [6.07, 6.45) is 0. The molecule has 0 aromatic carbocycles. The number of hydrogen-bond donors (Lipinski definition) is 0. The van der Waals surface area contributed by atoms with Crippen molar-refractivity contribution in [2.24, 2.45) is 0 Å². The van der Waals surface area contributed by atoms with Crippen molar-refractivity contribution in [2.75, 3.05) is 0 Å². The molecule has 1 heterocycles. The highest BCUT2D eigenvalue weighted by atomic mass is 32.1. The summed E-state index contributed by atoms with van der Waals surface area (Å²) in [7, 11) is 0. The Morgan fingerprint density at radius 2 is 1.62 bits per heavy atom. The van der Waals surface area contributed by atoms with E-state index in [2.05, 4.69) is 24.2 Å². The highest BCUT2D eigenvalue weighted by molar-refractivity contribution is 7.09. The molecule has 1 rings (SSSR count). The van der Waals surface area contributed by atoms with Crippen LogP contribution >= 0.6 is 11.3 Å². The number of nitrogens with zero attached hydrogens (tertiary/aromatic N) is 1. The minimum absolute atomic E-state index is 0.579. The average molecular weight is 201 g/mol. The van der Waals surface area contributed by atoms with Crippen molar-refractivity contribution in [1.29, 1.82) is 0 Å². The Labute approximate surface area is 87.2 Å². The van der Waals surface area contributed by atoms with Crippen LogP contribution in [0.4, 0.5) is 0 Å². The quantitative estimate of drug-likeness (QED) is 0.645. The molecule has 0 aliphatic rings. The highest BCUT2D eigenvalue weighted by Crippen LogP contribution is 2.16. The van der Waals surface area contributed by atoms with Gasteiger partial charge in [0.05, 0.1) is 10.7 Å². The first-order chi connectivity index (χ1) is 6.20. The van der Waals surface area contributed by atoms with Gasteiger partial charge < -0.3 is 0 Å². The van der Waals surface area contributed by atoms with Gasteiger partial charge in [-0.25, -0.2) is 4.98 Å². The molecule has 0 unspecified atom stereocenters. The first kappa shape index (κ1) is 15.1. The van der Waals surface area contributed by atoms with E-state index in [1.54, 1.807) is 11.3 Å². The maximum Gasteiger partial charge on any atom is 0.0897 e. The van der Waals surface area contributed by atoms with Crippen LogP contribution in [0, 0.1) is 6.92 Å². The first-order valence-electron chi connectivity index (χ1n) is 5.12. The summed E-state index contributed by atoms with van der Waals surface area (Å²) in [6.45, 7) is 14.4. The zero-order valence-electron chi connectivity index (χ0n) is 10.0. The second kappa shape index (κ2) is 9.72. The van der Waals surface area contributed by atoms with E-state index in [9.17, 15) is 0 Å². The molecular weight excluding hydrogens is 178 g/mol. The molecule has 0 saturated carbocycles. The van der Waals surface area contributed by atoms with Gasteiger partial charge in [-0.2, -0.15) is 0 Å². The van der Waals surface area contributed by atoms with Crippen LogP contribution in [-0.2, 0) is 0 Å². The molecule has 0 N–H and O–H groups in total. The molecular formula is C11H23NS. The average Bonchev–Trinajstić information content (AvgIpc) is 2.59. The van der Waals surface area contributed by atoms with Crippen LogP contribution in [-0.4, -0.2) is 4.98 Å². The lowest BCUT2D eigenvalue weighted by Crippen LogP contribution is -1.85. The van der Waals surface area contributed by atoms with Crippen LogP contribution in [0.1, 0.15) is 58.2 Å². The van der Waals surface area contributed by atoms with Crippen molar-refractivity contribution in [3.05, 3.63) is 16.1 Å². The molecule has 0 saturated heterocycles. The maximum absolute atomic E-state index is 4.33. The predicted octanol–water partition coefficient (Wildman–Crippen LogP) is 4.63. The Kier molecular flexibility index (Phi) is 11.3. The fourth-order valence-electron chi connectivity index (χ4n) is 0.645. The number of aryl methyl sites for hydroxylation is 1. The van der Waals surface area contributed by atoms with Gasteiger partial charge in [-0.15, -0.1) is 11.3 Å². The smallest absolute Gasteiger partial charge is 0.0897 e. The summed E-state index contributed by atoms with van der Waals surface area (Å²) in [6, 6.07) is 0. The molecule has 0 bridgehead atoms. The largest absolute Gasteiger partial charge is 0.246 e. The molecule has 1 aromatic rings. The van der Waals surface area contributed by atoms with Gasteiger partial charge in [0.1, 0.15) is 0 Å². The van der Waals surface area contributed by atoms with Gasteiger partial charge in [-0.1, -0.05) is 41.5 Å². The fourth-order valence-corrected chi connectivity index (χ4v) is 1.42. The zero-order valence-corrected chi connectivity index (χ0v) is 10.8. The van der Waals surface area contributed by atoms with Gasteiger partial charge >= 0.3 is 0 Å². The van der Waals surface area contributed by atoms with Crippen molar-refractivity contribution < 1.29 is 0 Å². The van der Waals surface area contributed by atoms with Crippen LogP contribution in [0.2, 0.25) is 0 Å². The zero-order chi connectivity index (χ0) is 10.9. The van der Waals surface area contributed by atoms with E-state index in [-0.39, 0.29) is 0 Å². The van der Waals surface area contributed by atoms with Crippen LogP contribution in [0.5, 0.6) is 0 Å². The third kappa shape index (κ3) is 6.76. The Morgan fingerprint density at radius 1 is 1.15 bits per heavy atom. The fraction of sp³-hybridized carbons (Fsp3) is 0.727. The minimum atomic E-state index is 0.579. The summed E-state index contributed by atoms with van der Waals surface area (Å²) in [4.78, 5) is 4.33. The van der Waals surface area contributed by atoms with E-state index in [1.165, 1.54) is 10.7 Å². The van der Waals surface area contributed by atoms with Gasteiger partial charge in [0.25, 0.3) is 0 Å². The molecule has 0 amide bonds. The van der Waals surface area contributed by atoms with Gasteiger partial charge in [0.15, 0.2) is 0 Å². The van der Waals surface area contributed by atoms with Crippen molar-refractivity contribution in [1.82, 2.24) is 4.98 Å². The van der Waals surface area contributed by atoms with Crippen molar-refractivity contribution >= 4 is 11.3 Å². The summed E-state index contributed by atoms with van der Waals surface area (Å²) < 4.78 is 0. The van der Waals surface area contributed by atoms with Gasteiger partial charge in [-0.05, 0) is 12.8 Å². The van der Waals surface area contributed by atoms with Crippen LogP contribution in [0.15, 0.2) is 5.38 Å². The summed E-state index contributed by atoms with van der Waals surface area (Å²) in [5.41, 5.74) is 1.22.